The fourth-order valence-corrected chi connectivity index (χ4v) is 4.52. The molecule has 2 unspecified atom stereocenters. The Hall–Kier alpha value is -1.76. The molecule has 1 saturated heterocycles. The van der Waals surface area contributed by atoms with Crippen molar-refractivity contribution >= 4 is 33.5 Å². The lowest BCUT2D eigenvalue weighted by atomic mass is 9.91. The summed E-state index contributed by atoms with van der Waals surface area (Å²) in [5.41, 5.74) is 1.98. The van der Waals surface area contributed by atoms with Gasteiger partial charge in [-0.2, -0.15) is 0 Å². The number of carboxylic acids is 1. The van der Waals surface area contributed by atoms with E-state index in [9.17, 15) is 9.90 Å². The summed E-state index contributed by atoms with van der Waals surface area (Å²) < 4.78 is 11.8. The highest BCUT2D eigenvalue weighted by Gasteiger charge is 2.32. The number of nitrogens with zero attached hydrogens (tertiary/aromatic N) is 1. The number of likely N-dealkylation sites (tertiary alicyclic amines) is 1. The van der Waals surface area contributed by atoms with Crippen LogP contribution in [0.4, 0.5) is 0 Å². The summed E-state index contributed by atoms with van der Waals surface area (Å²) >= 11 is 9.94. The van der Waals surface area contributed by atoms with Gasteiger partial charge in [-0.05, 0) is 54.8 Å². The molecule has 2 atom stereocenters. The van der Waals surface area contributed by atoms with Gasteiger partial charge in [-0.15, -0.1) is 0 Å². The molecule has 7 heteroatoms. The van der Waals surface area contributed by atoms with Crippen LogP contribution in [0.5, 0.6) is 11.5 Å². The lowest BCUT2D eigenvalue weighted by Crippen LogP contribution is -2.41. The zero-order valence-electron chi connectivity index (χ0n) is 15.8. The Morgan fingerprint density at radius 1 is 1.25 bits per heavy atom. The topological polar surface area (TPSA) is 59.0 Å². The Kier molecular flexibility index (Phi) is 6.86. The molecule has 2 aromatic rings. The molecule has 3 rings (SSSR count). The Bertz CT molecular complexity index is 860. The van der Waals surface area contributed by atoms with Crippen molar-refractivity contribution in [2.24, 2.45) is 5.92 Å². The Labute approximate surface area is 178 Å². The van der Waals surface area contributed by atoms with Gasteiger partial charge >= 0.3 is 5.97 Å². The zero-order chi connectivity index (χ0) is 20.3. The SMILES string of the molecule is COc1cc(Br)c(C(c2cccc(Cl)c2)N2CCCC(C(=O)O)C2)cc1OC. The molecule has 0 aromatic heterocycles. The monoisotopic (exact) mass is 467 g/mol. The minimum absolute atomic E-state index is 0.157. The van der Waals surface area contributed by atoms with Gasteiger partial charge in [0.2, 0.25) is 0 Å². The summed E-state index contributed by atoms with van der Waals surface area (Å²) in [5, 5.41) is 10.2. The number of piperidine rings is 1. The number of hydrogen-bond acceptors (Lipinski definition) is 4. The fraction of sp³-hybridized carbons (Fsp3) is 0.381. The van der Waals surface area contributed by atoms with Crippen LogP contribution >= 0.6 is 27.5 Å². The number of carboxylic acid groups (broad SMARTS) is 1. The van der Waals surface area contributed by atoms with Crippen molar-refractivity contribution in [3.8, 4) is 11.5 Å². The van der Waals surface area contributed by atoms with Crippen molar-refractivity contribution in [1.29, 1.82) is 0 Å². The quantitative estimate of drug-likeness (QED) is 0.646. The maximum Gasteiger partial charge on any atom is 0.307 e. The summed E-state index contributed by atoms with van der Waals surface area (Å²) in [5.74, 6) is 0.125. The van der Waals surface area contributed by atoms with E-state index in [1.165, 1.54) is 0 Å². The number of ether oxygens (including phenoxy) is 2. The number of carbonyl (C=O) groups is 1. The van der Waals surface area contributed by atoms with Crippen LogP contribution in [-0.2, 0) is 4.79 Å². The standard InChI is InChI=1S/C21H23BrClNO4/c1-27-18-10-16(17(22)11-19(18)28-2)20(13-5-3-7-15(23)9-13)24-8-4-6-14(12-24)21(25)26/h3,5,7,9-11,14,20H,4,6,8,12H2,1-2H3,(H,25,26). The largest absolute Gasteiger partial charge is 0.493 e. The molecule has 0 bridgehead atoms. The van der Waals surface area contributed by atoms with E-state index in [4.69, 9.17) is 21.1 Å². The van der Waals surface area contributed by atoms with Gasteiger partial charge in [0.1, 0.15) is 0 Å². The smallest absolute Gasteiger partial charge is 0.307 e. The van der Waals surface area contributed by atoms with Gasteiger partial charge in [0, 0.05) is 16.0 Å². The Balaban J connectivity index is 2.10. The van der Waals surface area contributed by atoms with E-state index >= 15 is 0 Å². The summed E-state index contributed by atoms with van der Waals surface area (Å²) in [6.07, 6.45) is 1.53. The van der Waals surface area contributed by atoms with Gasteiger partial charge in [-0.25, -0.2) is 0 Å². The average Bonchev–Trinajstić information content (AvgIpc) is 2.69. The highest BCUT2D eigenvalue weighted by Crippen LogP contribution is 2.42. The summed E-state index contributed by atoms with van der Waals surface area (Å²) in [4.78, 5) is 13.8. The highest BCUT2D eigenvalue weighted by atomic mass is 79.9. The average molecular weight is 469 g/mol. The molecule has 1 N–H and O–H groups in total. The number of methoxy groups -OCH3 is 2. The molecule has 0 saturated carbocycles. The number of rotatable bonds is 6. The predicted octanol–water partition coefficient (Wildman–Crippen LogP) is 5.01. The summed E-state index contributed by atoms with van der Waals surface area (Å²) in [6.45, 7) is 1.29. The minimum atomic E-state index is -0.749. The molecular weight excluding hydrogens is 446 g/mol. The first-order valence-electron chi connectivity index (χ1n) is 9.08. The van der Waals surface area contributed by atoms with Crippen LogP contribution in [-0.4, -0.2) is 43.3 Å². The van der Waals surface area contributed by atoms with Crippen LogP contribution in [0.25, 0.3) is 0 Å². The van der Waals surface area contributed by atoms with Crippen molar-refractivity contribution < 1.29 is 19.4 Å². The van der Waals surface area contributed by atoms with Crippen molar-refractivity contribution in [3.05, 3.63) is 57.0 Å². The first-order chi connectivity index (χ1) is 13.4. The molecule has 1 fully saturated rings. The van der Waals surface area contributed by atoms with Crippen molar-refractivity contribution in [3.63, 3.8) is 0 Å². The molecule has 0 amide bonds. The number of benzene rings is 2. The second-order valence-corrected chi connectivity index (χ2v) is 8.15. The zero-order valence-corrected chi connectivity index (χ0v) is 18.2. The third-order valence-corrected chi connectivity index (χ3v) is 6.05. The number of halogens is 2. The van der Waals surface area contributed by atoms with E-state index in [2.05, 4.69) is 20.8 Å². The third-order valence-electron chi connectivity index (χ3n) is 5.13. The molecule has 5 nitrogen and oxygen atoms in total. The maximum atomic E-state index is 11.6. The minimum Gasteiger partial charge on any atom is -0.493 e. The van der Waals surface area contributed by atoms with Crippen LogP contribution < -0.4 is 9.47 Å². The van der Waals surface area contributed by atoms with Gasteiger partial charge in [0.25, 0.3) is 0 Å². The number of hydrogen-bond donors (Lipinski definition) is 1. The molecule has 150 valence electrons. The molecule has 2 aromatic carbocycles. The van der Waals surface area contributed by atoms with Gasteiger partial charge in [0.15, 0.2) is 11.5 Å². The second kappa shape index (κ2) is 9.16. The molecule has 0 aliphatic carbocycles. The van der Waals surface area contributed by atoms with Gasteiger partial charge in [-0.3, -0.25) is 9.69 Å². The highest BCUT2D eigenvalue weighted by molar-refractivity contribution is 9.10. The summed E-state index contributed by atoms with van der Waals surface area (Å²) in [7, 11) is 3.20. The third kappa shape index (κ3) is 4.45. The second-order valence-electron chi connectivity index (χ2n) is 6.86. The van der Waals surface area contributed by atoms with Gasteiger partial charge < -0.3 is 14.6 Å². The van der Waals surface area contributed by atoms with Crippen molar-refractivity contribution in [2.45, 2.75) is 18.9 Å². The first-order valence-corrected chi connectivity index (χ1v) is 10.3. The van der Waals surface area contributed by atoms with Crippen molar-refractivity contribution in [2.75, 3.05) is 27.3 Å². The molecule has 0 spiro atoms. The molecule has 1 aliphatic heterocycles. The fourth-order valence-electron chi connectivity index (χ4n) is 3.79. The normalized spacial score (nSPS) is 18.5. The van der Waals surface area contributed by atoms with E-state index in [-0.39, 0.29) is 12.0 Å². The van der Waals surface area contributed by atoms with Crippen LogP contribution in [0.1, 0.15) is 30.0 Å². The molecular formula is C21H23BrClNO4. The van der Waals surface area contributed by atoms with E-state index in [1.807, 2.05) is 36.4 Å². The lowest BCUT2D eigenvalue weighted by Gasteiger charge is -2.38. The van der Waals surface area contributed by atoms with Gasteiger partial charge in [0.05, 0.1) is 26.2 Å². The number of aliphatic carboxylic acids is 1. The van der Waals surface area contributed by atoms with Crippen LogP contribution in [0.2, 0.25) is 5.02 Å². The Morgan fingerprint density at radius 3 is 2.61 bits per heavy atom. The molecule has 0 radical (unpaired) electrons. The van der Waals surface area contributed by atoms with E-state index in [0.29, 0.717) is 29.5 Å². The van der Waals surface area contributed by atoms with Gasteiger partial charge in [-0.1, -0.05) is 39.7 Å². The van der Waals surface area contributed by atoms with Crippen LogP contribution in [0, 0.1) is 5.92 Å². The van der Waals surface area contributed by atoms with E-state index < -0.39 is 5.97 Å². The predicted molar refractivity (Wildman–Crippen MR) is 112 cm³/mol. The van der Waals surface area contributed by atoms with Crippen molar-refractivity contribution in [1.82, 2.24) is 4.90 Å². The lowest BCUT2D eigenvalue weighted by molar-refractivity contribution is -0.143. The summed E-state index contributed by atoms with van der Waals surface area (Å²) in [6, 6.07) is 11.4. The van der Waals surface area contributed by atoms with E-state index in [1.54, 1.807) is 14.2 Å². The maximum absolute atomic E-state index is 11.6. The Morgan fingerprint density at radius 2 is 1.96 bits per heavy atom. The molecule has 1 aliphatic rings. The van der Waals surface area contributed by atoms with E-state index in [0.717, 1.165) is 28.6 Å². The first kappa shape index (κ1) is 21.0. The molecule has 1 heterocycles. The van der Waals surface area contributed by atoms with Crippen LogP contribution in [0.3, 0.4) is 0 Å². The van der Waals surface area contributed by atoms with Crippen LogP contribution in [0.15, 0.2) is 40.9 Å². The molecule has 28 heavy (non-hydrogen) atoms.